The van der Waals surface area contributed by atoms with Gasteiger partial charge >= 0.3 is 0 Å². The first-order valence-electron chi connectivity index (χ1n) is 6.54. The van der Waals surface area contributed by atoms with E-state index in [-0.39, 0.29) is 0 Å². The van der Waals surface area contributed by atoms with Crippen molar-refractivity contribution in [2.45, 2.75) is 26.1 Å². The van der Waals surface area contributed by atoms with Crippen molar-refractivity contribution >= 4 is 0 Å². The maximum Gasteiger partial charge on any atom is 0.0955 e. The van der Waals surface area contributed by atoms with Gasteiger partial charge in [0.1, 0.15) is 0 Å². The van der Waals surface area contributed by atoms with Crippen molar-refractivity contribution in [1.82, 2.24) is 19.9 Å². The first-order valence-corrected chi connectivity index (χ1v) is 6.54. The molecule has 0 amide bonds. The summed E-state index contributed by atoms with van der Waals surface area (Å²) in [6, 6.07) is 4.08. The average Bonchev–Trinajstić information content (AvgIpc) is 2.85. The molecule has 2 aromatic heterocycles. The zero-order valence-corrected chi connectivity index (χ0v) is 11.1. The molecular formula is C14H18N4O. The lowest BCUT2D eigenvalue weighted by Crippen LogP contribution is -2.25. The highest BCUT2D eigenvalue weighted by molar-refractivity contribution is 5.23. The van der Waals surface area contributed by atoms with Gasteiger partial charge in [-0.1, -0.05) is 6.07 Å². The zero-order chi connectivity index (χ0) is 13.1. The highest BCUT2D eigenvalue weighted by Gasteiger charge is 2.15. The number of nitrogens with one attached hydrogen (secondary N) is 1. The van der Waals surface area contributed by atoms with Gasteiger partial charge in [-0.3, -0.25) is 4.98 Å². The van der Waals surface area contributed by atoms with Crippen LogP contribution in [0.25, 0.3) is 0 Å². The number of hydrogen-bond donors (Lipinski definition) is 1. The molecule has 1 N–H and O–H groups in total. The molecule has 5 nitrogen and oxygen atoms in total. The maximum absolute atomic E-state index is 5.20. The molecule has 0 saturated carbocycles. The molecule has 100 valence electrons. The van der Waals surface area contributed by atoms with Crippen LogP contribution in [-0.4, -0.2) is 28.2 Å². The predicted octanol–water partition coefficient (Wildman–Crippen LogP) is 1.12. The van der Waals surface area contributed by atoms with Crippen LogP contribution in [0.2, 0.25) is 0 Å². The number of fused-ring (bicyclic) bond motifs is 1. The highest BCUT2D eigenvalue weighted by Crippen LogP contribution is 2.16. The van der Waals surface area contributed by atoms with Crippen LogP contribution in [-0.2, 0) is 30.9 Å². The molecule has 3 rings (SSSR count). The van der Waals surface area contributed by atoms with E-state index in [1.54, 1.807) is 7.11 Å². The summed E-state index contributed by atoms with van der Waals surface area (Å²) in [6.07, 6.45) is 4.78. The Morgan fingerprint density at radius 3 is 3.26 bits per heavy atom. The normalized spacial score (nSPS) is 14.4. The lowest BCUT2D eigenvalue weighted by Gasteiger charge is -2.16. The van der Waals surface area contributed by atoms with Crippen molar-refractivity contribution in [1.29, 1.82) is 0 Å². The van der Waals surface area contributed by atoms with E-state index < -0.39 is 0 Å². The van der Waals surface area contributed by atoms with Crippen LogP contribution in [0.3, 0.4) is 0 Å². The van der Waals surface area contributed by atoms with Crippen molar-refractivity contribution < 1.29 is 4.74 Å². The molecule has 0 atom stereocenters. The minimum absolute atomic E-state index is 0.550. The van der Waals surface area contributed by atoms with E-state index >= 15 is 0 Å². The Kier molecular flexibility index (Phi) is 3.57. The van der Waals surface area contributed by atoms with E-state index in [1.165, 1.54) is 17.0 Å². The molecule has 0 aliphatic carbocycles. The summed E-state index contributed by atoms with van der Waals surface area (Å²) in [5.74, 6) is 0. The smallest absolute Gasteiger partial charge is 0.0955 e. The largest absolute Gasteiger partial charge is 0.378 e. The van der Waals surface area contributed by atoms with Crippen molar-refractivity contribution in [3.8, 4) is 0 Å². The highest BCUT2D eigenvalue weighted by atomic mass is 16.5. The molecule has 0 bridgehead atoms. The van der Waals surface area contributed by atoms with Crippen LogP contribution in [0.5, 0.6) is 0 Å². The Balaban J connectivity index is 1.87. The summed E-state index contributed by atoms with van der Waals surface area (Å²) in [4.78, 5) is 8.87. The Morgan fingerprint density at radius 1 is 1.42 bits per heavy atom. The van der Waals surface area contributed by atoms with E-state index in [0.29, 0.717) is 6.61 Å². The van der Waals surface area contributed by atoms with Crippen LogP contribution >= 0.6 is 0 Å². The van der Waals surface area contributed by atoms with E-state index in [1.807, 2.05) is 18.6 Å². The number of rotatable bonds is 4. The van der Waals surface area contributed by atoms with E-state index in [4.69, 9.17) is 4.74 Å². The third-order valence-electron chi connectivity index (χ3n) is 3.47. The number of imidazole rings is 1. The second-order valence-electron chi connectivity index (χ2n) is 4.73. The fraction of sp³-hybridized carbons (Fsp3) is 0.429. The molecular weight excluding hydrogens is 240 g/mol. The predicted molar refractivity (Wildman–Crippen MR) is 71.7 cm³/mol. The van der Waals surface area contributed by atoms with Crippen LogP contribution in [0, 0.1) is 0 Å². The number of ether oxygens (including phenoxy) is 1. The quantitative estimate of drug-likeness (QED) is 0.893. The van der Waals surface area contributed by atoms with Crippen LogP contribution < -0.4 is 5.32 Å². The minimum atomic E-state index is 0.550. The SMILES string of the molecule is COCc1ncccc1Cn1cnc2c1CCNC2. The van der Waals surface area contributed by atoms with Crippen molar-refractivity contribution in [2.75, 3.05) is 13.7 Å². The summed E-state index contributed by atoms with van der Waals surface area (Å²) in [7, 11) is 1.70. The van der Waals surface area contributed by atoms with Gasteiger partial charge in [-0.05, 0) is 11.6 Å². The summed E-state index contributed by atoms with van der Waals surface area (Å²) in [5, 5.41) is 3.34. The van der Waals surface area contributed by atoms with Gasteiger partial charge in [-0.2, -0.15) is 0 Å². The molecule has 2 aromatic rings. The molecule has 0 saturated heterocycles. The van der Waals surface area contributed by atoms with Crippen molar-refractivity contribution in [3.05, 3.63) is 47.3 Å². The topological polar surface area (TPSA) is 52.0 Å². The van der Waals surface area contributed by atoms with Gasteiger partial charge in [-0.15, -0.1) is 0 Å². The van der Waals surface area contributed by atoms with Crippen LogP contribution in [0.15, 0.2) is 24.7 Å². The number of methoxy groups -OCH3 is 1. The molecule has 1 aliphatic heterocycles. The van der Waals surface area contributed by atoms with Crippen LogP contribution in [0.4, 0.5) is 0 Å². The standard InChI is InChI=1S/C14H18N4O/c1-19-9-13-11(3-2-5-16-13)8-18-10-17-12-7-15-6-4-14(12)18/h2-3,5,10,15H,4,6-9H2,1H3. The zero-order valence-electron chi connectivity index (χ0n) is 11.1. The molecule has 0 spiro atoms. The lowest BCUT2D eigenvalue weighted by atomic mass is 10.1. The molecule has 5 heteroatoms. The first kappa shape index (κ1) is 12.3. The fourth-order valence-electron chi connectivity index (χ4n) is 2.50. The summed E-state index contributed by atoms with van der Waals surface area (Å²) in [6.45, 7) is 3.26. The minimum Gasteiger partial charge on any atom is -0.378 e. The van der Waals surface area contributed by atoms with Gasteiger partial charge in [0.15, 0.2) is 0 Å². The Morgan fingerprint density at radius 2 is 2.37 bits per heavy atom. The fourth-order valence-corrected chi connectivity index (χ4v) is 2.50. The van der Waals surface area contributed by atoms with E-state index in [9.17, 15) is 0 Å². The average molecular weight is 258 g/mol. The summed E-state index contributed by atoms with van der Waals surface area (Å²) >= 11 is 0. The van der Waals surface area contributed by atoms with E-state index in [2.05, 4.69) is 25.9 Å². The summed E-state index contributed by atoms with van der Waals surface area (Å²) < 4.78 is 7.43. The first-order chi connectivity index (χ1) is 9.38. The van der Waals surface area contributed by atoms with Crippen LogP contribution in [0.1, 0.15) is 22.6 Å². The molecule has 1 aliphatic rings. The molecule has 0 fully saturated rings. The van der Waals surface area contributed by atoms with Crippen molar-refractivity contribution in [3.63, 3.8) is 0 Å². The molecule has 0 radical (unpaired) electrons. The second-order valence-corrected chi connectivity index (χ2v) is 4.73. The van der Waals surface area contributed by atoms with E-state index in [0.717, 1.165) is 31.7 Å². The lowest BCUT2D eigenvalue weighted by molar-refractivity contribution is 0.180. The van der Waals surface area contributed by atoms with Gasteiger partial charge in [0.2, 0.25) is 0 Å². The maximum atomic E-state index is 5.20. The monoisotopic (exact) mass is 258 g/mol. The van der Waals surface area contributed by atoms with Gasteiger partial charge < -0.3 is 14.6 Å². The number of aromatic nitrogens is 3. The Bertz CT molecular complexity index is 564. The molecule has 19 heavy (non-hydrogen) atoms. The number of pyridine rings is 1. The molecule has 0 unspecified atom stereocenters. The second kappa shape index (κ2) is 5.50. The third-order valence-corrected chi connectivity index (χ3v) is 3.47. The van der Waals surface area contributed by atoms with Crippen molar-refractivity contribution in [2.24, 2.45) is 0 Å². The molecule has 3 heterocycles. The Hall–Kier alpha value is -1.72. The van der Waals surface area contributed by atoms with Gasteiger partial charge in [0, 0.05) is 38.5 Å². The van der Waals surface area contributed by atoms with Gasteiger partial charge in [0.25, 0.3) is 0 Å². The molecule has 0 aromatic carbocycles. The number of hydrogen-bond acceptors (Lipinski definition) is 4. The van der Waals surface area contributed by atoms with Gasteiger partial charge in [-0.25, -0.2) is 4.98 Å². The number of nitrogens with zero attached hydrogens (tertiary/aromatic N) is 3. The Labute approximate surface area is 112 Å². The van der Waals surface area contributed by atoms with Gasteiger partial charge in [0.05, 0.1) is 30.9 Å². The summed E-state index contributed by atoms with van der Waals surface area (Å²) in [5.41, 5.74) is 4.71. The third kappa shape index (κ3) is 2.52.